The summed E-state index contributed by atoms with van der Waals surface area (Å²) in [4.78, 5) is 52.4. The Morgan fingerprint density at radius 1 is 0.587 bits per heavy atom. The molecule has 0 saturated carbocycles. The van der Waals surface area contributed by atoms with Crippen molar-refractivity contribution >= 4 is 34.7 Å². The Bertz CT molecular complexity index is 3840. The molecule has 0 bridgehead atoms. The molecule has 1 aliphatic rings. The van der Waals surface area contributed by atoms with Crippen LogP contribution in [0.5, 0.6) is 0 Å². The monoisotopic (exact) mass is 1540 g/mol. The van der Waals surface area contributed by atoms with E-state index in [1.807, 2.05) is 132 Å². The highest BCUT2D eigenvalue weighted by Crippen LogP contribution is 2.31. The van der Waals surface area contributed by atoms with E-state index in [1.54, 1.807) is 47.2 Å². The van der Waals surface area contributed by atoms with Crippen molar-refractivity contribution in [2.24, 2.45) is 37.4 Å². The fraction of sp³-hybridized carbons (Fsp3) is 0.626. The Balaban J connectivity index is 0. The van der Waals surface area contributed by atoms with E-state index >= 15 is 0 Å². The number of carbonyl (C=O) groups excluding carboxylic acids is 2. The van der Waals surface area contributed by atoms with Crippen molar-refractivity contribution in [1.82, 2.24) is 59.2 Å². The molecule has 0 aliphatic heterocycles. The van der Waals surface area contributed by atoms with Gasteiger partial charge < -0.3 is 19.1 Å². The van der Waals surface area contributed by atoms with Crippen LogP contribution in [-0.4, -0.2) is 84.0 Å². The van der Waals surface area contributed by atoms with Gasteiger partial charge in [-0.05, 0) is 122 Å². The van der Waals surface area contributed by atoms with E-state index in [0.717, 1.165) is 46.2 Å². The van der Waals surface area contributed by atoms with Gasteiger partial charge in [0.15, 0.2) is 5.78 Å². The molecule has 8 heterocycles. The number of thiazole rings is 2. The van der Waals surface area contributed by atoms with Crippen LogP contribution in [0.2, 0.25) is 0 Å². The lowest BCUT2D eigenvalue weighted by atomic mass is 9.83. The fourth-order valence-electron chi connectivity index (χ4n) is 9.49. The summed E-state index contributed by atoms with van der Waals surface area (Å²) in [5.41, 5.74) is 17.2. The van der Waals surface area contributed by atoms with E-state index in [2.05, 4.69) is 304 Å². The number of imidazole rings is 1. The number of aldehydes is 1. The number of carbonyl (C=O) groups is 2. The van der Waals surface area contributed by atoms with E-state index in [0.29, 0.717) is 12.5 Å². The average Bonchev–Trinajstić information content (AvgIpc) is 1.67. The summed E-state index contributed by atoms with van der Waals surface area (Å²) < 4.78 is 11.4. The van der Waals surface area contributed by atoms with Crippen LogP contribution in [0.25, 0.3) is 0 Å². The molecule has 109 heavy (non-hydrogen) atoms. The largest absolute Gasteiger partial charge is 0.378 e. The molecule has 0 radical (unpaired) electrons. The maximum Gasteiger partial charge on any atom is 0.247 e. The zero-order valence-corrected chi connectivity index (χ0v) is 78.4. The number of rotatable bonds is 2. The summed E-state index contributed by atoms with van der Waals surface area (Å²) >= 11 is 3.44. The summed E-state index contributed by atoms with van der Waals surface area (Å²) in [7, 11) is 6.03. The maximum atomic E-state index is 11.0. The third kappa shape index (κ3) is 42.8. The topological polar surface area (TPSA) is 197 Å². The van der Waals surface area contributed by atoms with Crippen LogP contribution >= 0.6 is 22.7 Å². The molecule has 18 heteroatoms. The van der Waals surface area contributed by atoms with Crippen LogP contribution in [0, 0.1) is 50.9 Å². The van der Waals surface area contributed by atoms with Crippen molar-refractivity contribution in [2.75, 3.05) is 6.61 Å². The van der Waals surface area contributed by atoms with E-state index < -0.39 is 0 Å². The molecule has 16 nitrogen and oxygen atoms in total. The van der Waals surface area contributed by atoms with Crippen LogP contribution in [-0.2, 0) is 78.8 Å². The van der Waals surface area contributed by atoms with E-state index in [-0.39, 0.29) is 70.9 Å². The molecule has 0 spiro atoms. The van der Waals surface area contributed by atoms with Gasteiger partial charge in [0.25, 0.3) is 0 Å². The number of nitrogens with zero attached hydrogens (tertiary/aromatic N) is 10. The number of pyridine rings is 2. The normalized spacial score (nSPS) is 12.8. The molecule has 2 N–H and O–H groups in total. The highest BCUT2D eigenvalue weighted by molar-refractivity contribution is 7.10. The van der Waals surface area contributed by atoms with Gasteiger partial charge in [-0.15, -0.1) is 22.7 Å². The number of aromatic amines is 2. The first kappa shape index (κ1) is 104. The summed E-state index contributed by atoms with van der Waals surface area (Å²) in [6.45, 7) is 86.2. The van der Waals surface area contributed by atoms with E-state index in [9.17, 15) is 14.4 Å². The smallest absolute Gasteiger partial charge is 0.247 e. The Hall–Kier alpha value is -7.02. The van der Waals surface area contributed by atoms with Gasteiger partial charge in [-0.25, -0.2) is 9.97 Å². The van der Waals surface area contributed by atoms with Crippen molar-refractivity contribution in [3.8, 4) is 0 Å². The summed E-state index contributed by atoms with van der Waals surface area (Å²) in [5.74, 6) is 1.30. The first-order valence-electron chi connectivity index (χ1n) is 38.5. The van der Waals surface area contributed by atoms with Crippen molar-refractivity contribution in [1.29, 1.82) is 0 Å². The molecule has 0 saturated heterocycles. The van der Waals surface area contributed by atoms with Gasteiger partial charge in [0.1, 0.15) is 12.1 Å². The SMILES string of the molecule is CC(C)(C)C1=CC(=O)CC=C1.CC(C)(C)C=O.CC(C)(C)c1ccc(=O)[nH]c1.CC(C)(C)c1ccccn1.CC(C)(C)c1ccn[nH]1.CC(C)(C)c1cncs1.CCOC(C)C(C)(C)C.Cc1c(C(C)(C)C)cnn1C.Cc1nc(C(C)(C)C)cs1.Cc1ncc(C(C)(C)C)n1C.Cc1nn(C)c(C)c1C(C)(C)C. The number of hydrogen-bond acceptors (Lipinski definition) is 13. The van der Waals surface area contributed by atoms with Crippen molar-refractivity contribution < 1.29 is 14.3 Å². The lowest BCUT2D eigenvalue weighted by Gasteiger charge is -2.26. The van der Waals surface area contributed by atoms with Gasteiger partial charge in [0.2, 0.25) is 5.56 Å². The first-order chi connectivity index (χ1) is 49.0. The predicted molar refractivity (Wildman–Crippen MR) is 469 cm³/mol. The summed E-state index contributed by atoms with van der Waals surface area (Å²) in [5, 5.41) is 18.7. The number of nitrogens with one attached hydrogen (secondary N) is 2. The first-order valence-corrected chi connectivity index (χ1v) is 40.2. The second kappa shape index (κ2) is 44.3. The fourth-order valence-corrected chi connectivity index (χ4v) is 11.0. The van der Waals surface area contributed by atoms with Crippen LogP contribution in [0.1, 0.15) is 321 Å². The van der Waals surface area contributed by atoms with Crippen LogP contribution in [0.3, 0.4) is 0 Å². The highest BCUT2D eigenvalue weighted by Gasteiger charge is 2.25. The zero-order valence-electron chi connectivity index (χ0n) is 76.8. The minimum absolute atomic E-state index is 0.0435. The van der Waals surface area contributed by atoms with Gasteiger partial charge in [0.05, 0.1) is 34.2 Å². The lowest BCUT2D eigenvalue weighted by Crippen LogP contribution is -2.25. The number of hydrogen-bond donors (Lipinski definition) is 2. The Morgan fingerprint density at radius 3 is 1.37 bits per heavy atom. The number of ether oxygens (including phenoxy) is 1. The number of H-pyrrole nitrogens is 2. The van der Waals surface area contributed by atoms with Crippen LogP contribution < -0.4 is 5.56 Å². The van der Waals surface area contributed by atoms with Crippen LogP contribution in [0.4, 0.5) is 0 Å². The highest BCUT2D eigenvalue weighted by atomic mass is 32.1. The standard InChI is InChI=1S/C10H18N2.C10H14O.2C9H16N2.C9H13NO.C9H13N.C8H13NS.C8H18O.C7H12N2.C7H11NS.C5H10O/c1-7-9(10(3,4)5)8(2)12(6)11-7;1-10(2,3)8-5-4-6-9(11)7-8;1-7-10-6-8(11(7)5)9(2,3)4;1-7-8(9(2,3)4)6-10-11(7)5;1-9(2,3)7-4-5-8(11)10-6-7;1-9(2,3)8-6-4-5-7-10-8;1-6-9-7(5-10-6)8(2,3)4;1-6-9-7(2)8(3,4)5;1-7(2,3)6-4-5-8-9-6;1-7(2,3)6-4-8-5-9-6;1-5(2,3)4-6/h1-6H3;4-5,7H,6H2,1-3H3;2*6H,1-5H3;4-6H,1-3H3,(H,10,11);4-7H,1-3H3;5H,1-4H3;7H,6H2,1-5H3;4-5H,1-3H3,(H,8,9);4-5H,1-3H3;4H,1-3H3. The Morgan fingerprint density at radius 2 is 1.15 bits per heavy atom. The van der Waals surface area contributed by atoms with E-state index in [1.165, 1.54) is 44.5 Å². The maximum absolute atomic E-state index is 11.0. The predicted octanol–water partition coefficient (Wildman–Crippen LogP) is 23.5. The molecule has 1 unspecified atom stereocenters. The number of allylic oxidation sites excluding steroid dienone is 4. The second-order valence-electron chi connectivity index (χ2n) is 39.3. The summed E-state index contributed by atoms with van der Waals surface area (Å²) in [6, 6.07) is 11.4. The van der Waals surface area contributed by atoms with Gasteiger partial charge in [-0.3, -0.25) is 34.0 Å². The molecule has 0 amide bonds. The summed E-state index contributed by atoms with van der Waals surface area (Å²) in [6.07, 6.45) is 18.8. The van der Waals surface area contributed by atoms with Crippen molar-refractivity contribution in [2.45, 2.75) is 333 Å². The third-order valence-electron chi connectivity index (χ3n) is 17.0. The molecule has 614 valence electrons. The van der Waals surface area contributed by atoms with Gasteiger partial charge in [0, 0.05) is 143 Å². The molecule has 9 rings (SSSR count). The van der Waals surface area contributed by atoms with Gasteiger partial charge >= 0.3 is 0 Å². The average molecular weight is 1540 g/mol. The van der Waals surface area contributed by atoms with Crippen LogP contribution in [0.15, 0.2) is 113 Å². The molecular formula is C91H154N12O4S2. The molecule has 8 aromatic heterocycles. The molecule has 1 aliphatic carbocycles. The Kier molecular flexibility index (Phi) is 42.3. The quantitative estimate of drug-likeness (QED) is 0.156. The number of aromatic nitrogens is 12. The van der Waals surface area contributed by atoms with E-state index in [4.69, 9.17) is 4.74 Å². The second-order valence-corrected chi connectivity index (χ2v) is 41.2. The van der Waals surface area contributed by atoms with Crippen molar-refractivity contribution in [3.63, 3.8) is 0 Å². The van der Waals surface area contributed by atoms with Gasteiger partial charge in [-0.1, -0.05) is 253 Å². The third-order valence-corrected chi connectivity index (χ3v) is 19.0. The van der Waals surface area contributed by atoms with Crippen molar-refractivity contribution in [3.05, 3.63) is 191 Å². The molecular weight excluding hydrogens is 1390 g/mol. The number of ketones is 1. The zero-order chi connectivity index (χ0) is 85.7. The van der Waals surface area contributed by atoms with Gasteiger partial charge in [-0.2, -0.15) is 15.3 Å². The molecule has 8 aromatic rings. The molecule has 1 atom stereocenters. The minimum atomic E-state index is -0.139. The molecule has 0 fully saturated rings. The lowest BCUT2D eigenvalue weighted by molar-refractivity contribution is -0.114. The Labute approximate surface area is 672 Å². The minimum Gasteiger partial charge on any atom is -0.378 e. The molecule has 0 aromatic carbocycles. The number of aryl methyl sites for hydroxylation is 5.